The van der Waals surface area contributed by atoms with E-state index in [0.29, 0.717) is 18.5 Å². The van der Waals surface area contributed by atoms with Crippen molar-refractivity contribution in [3.63, 3.8) is 0 Å². The van der Waals surface area contributed by atoms with Gasteiger partial charge in [0, 0.05) is 6.20 Å². The molecule has 7 nitrogen and oxygen atoms in total. The zero-order chi connectivity index (χ0) is 15.1. The fourth-order valence-electron chi connectivity index (χ4n) is 2.74. The quantitative estimate of drug-likeness (QED) is 0.762. The summed E-state index contributed by atoms with van der Waals surface area (Å²) in [5, 5.41) is 14.6. The first-order chi connectivity index (χ1) is 10.1. The number of rotatable bonds is 5. The number of hydrogen-bond donors (Lipinski definition) is 3. The predicted molar refractivity (Wildman–Crippen MR) is 75.5 cm³/mol. The summed E-state index contributed by atoms with van der Waals surface area (Å²) in [6, 6.07) is 1.37. The van der Waals surface area contributed by atoms with E-state index in [0.717, 1.165) is 19.3 Å². The highest BCUT2D eigenvalue weighted by Gasteiger charge is 2.35. The number of carbonyl (C=O) groups excluding carboxylic acids is 1. The number of nitrogens with zero attached hydrogens (tertiary/aromatic N) is 2. The van der Waals surface area contributed by atoms with Crippen LogP contribution in [0.2, 0.25) is 0 Å². The summed E-state index contributed by atoms with van der Waals surface area (Å²) in [6.45, 7) is 0.289. The van der Waals surface area contributed by atoms with E-state index in [1.807, 2.05) is 0 Å². The molecule has 3 N–H and O–H groups in total. The molecule has 21 heavy (non-hydrogen) atoms. The van der Waals surface area contributed by atoms with E-state index in [1.54, 1.807) is 12.3 Å². The topological polar surface area (TPSA) is 104 Å². The van der Waals surface area contributed by atoms with Gasteiger partial charge >= 0.3 is 12.0 Å². The van der Waals surface area contributed by atoms with E-state index in [2.05, 4.69) is 20.6 Å². The monoisotopic (exact) mass is 292 g/mol. The van der Waals surface area contributed by atoms with Gasteiger partial charge in [-0.2, -0.15) is 0 Å². The fraction of sp³-hybridized carbons (Fsp3) is 0.571. The summed E-state index contributed by atoms with van der Waals surface area (Å²) in [5.74, 6) is -0.881. The second kappa shape index (κ2) is 7.01. The minimum atomic E-state index is -0.881. The normalized spacial score (nSPS) is 17.0. The summed E-state index contributed by atoms with van der Waals surface area (Å²) in [5.41, 5.74) is 0.0795. The van der Waals surface area contributed by atoms with Crippen molar-refractivity contribution in [2.45, 2.75) is 50.6 Å². The number of carboxylic acids is 1. The molecule has 1 saturated carbocycles. The highest BCUT2D eigenvalue weighted by atomic mass is 16.4. The van der Waals surface area contributed by atoms with Crippen LogP contribution in [0.3, 0.4) is 0 Å². The Morgan fingerprint density at radius 2 is 2.05 bits per heavy atom. The lowest BCUT2D eigenvalue weighted by molar-refractivity contribution is -0.139. The molecule has 0 spiro atoms. The first kappa shape index (κ1) is 15.2. The molecule has 1 aliphatic carbocycles. The van der Waals surface area contributed by atoms with Crippen molar-refractivity contribution in [3.8, 4) is 0 Å². The summed E-state index contributed by atoms with van der Waals surface area (Å²) < 4.78 is 0. The largest absolute Gasteiger partial charge is 0.481 e. The van der Waals surface area contributed by atoms with E-state index >= 15 is 0 Å². The maximum Gasteiger partial charge on any atom is 0.315 e. The molecule has 0 saturated heterocycles. The fourth-order valence-corrected chi connectivity index (χ4v) is 2.74. The van der Waals surface area contributed by atoms with Crippen molar-refractivity contribution in [3.05, 3.63) is 24.3 Å². The molecule has 1 aromatic rings. The van der Waals surface area contributed by atoms with Gasteiger partial charge < -0.3 is 15.7 Å². The van der Waals surface area contributed by atoms with Crippen molar-refractivity contribution < 1.29 is 14.7 Å². The maximum absolute atomic E-state index is 12.0. The van der Waals surface area contributed by atoms with Crippen molar-refractivity contribution in [1.82, 2.24) is 20.6 Å². The molecule has 1 aromatic heterocycles. The van der Waals surface area contributed by atoms with E-state index in [9.17, 15) is 9.59 Å². The van der Waals surface area contributed by atoms with Gasteiger partial charge in [-0.05, 0) is 18.9 Å². The molecule has 114 valence electrons. The Hall–Kier alpha value is -2.18. The predicted octanol–water partition coefficient (Wildman–Crippen LogP) is 1.45. The van der Waals surface area contributed by atoms with Crippen LogP contribution in [0.15, 0.2) is 18.6 Å². The number of aromatic nitrogens is 2. The first-order valence-corrected chi connectivity index (χ1v) is 7.12. The highest BCUT2D eigenvalue weighted by Crippen LogP contribution is 2.31. The molecule has 7 heteroatoms. The average Bonchev–Trinajstić information content (AvgIpc) is 2.46. The molecular formula is C14H20N4O3. The molecule has 1 fully saturated rings. The summed E-state index contributed by atoms with van der Waals surface area (Å²) in [6.07, 6.45) is 7.38. The smallest absolute Gasteiger partial charge is 0.315 e. The maximum atomic E-state index is 12.0. The molecule has 2 rings (SSSR count). The Kier molecular flexibility index (Phi) is 5.08. The highest BCUT2D eigenvalue weighted by molar-refractivity contribution is 5.76. The van der Waals surface area contributed by atoms with Gasteiger partial charge in [-0.15, -0.1) is 0 Å². The van der Waals surface area contributed by atoms with Crippen LogP contribution in [0.5, 0.6) is 0 Å². The third-order valence-electron chi connectivity index (χ3n) is 3.75. The number of aliphatic carboxylic acids is 1. The molecule has 0 unspecified atom stereocenters. The number of urea groups is 1. The van der Waals surface area contributed by atoms with Crippen LogP contribution in [0.4, 0.5) is 4.79 Å². The Labute approximate surface area is 123 Å². The van der Waals surface area contributed by atoms with Crippen molar-refractivity contribution in [2.75, 3.05) is 0 Å². The number of carboxylic acid groups (broad SMARTS) is 1. The SMILES string of the molecule is O=C(O)CC1(NC(=O)NCc2ccncn2)CCCCC1. The van der Waals surface area contributed by atoms with Gasteiger partial charge in [0.15, 0.2) is 0 Å². The average molecular weight is 292 g/mol. The zero-order valence-electron chi connectivity index (χ0n) is 11.8. The number of nitrogens with one attached hydrogen (secondary N) is 2. The molecule has 0 aromatic carbocycles. The van der Waals surface area contributed by atoms with E-state index in [-0.39, 0.29) is 19.0 Å². The van der Waals surface area contributed by atoms with Crippen LogP contribution in [0.1, 0.15) is 44.2 Å². The van der Waals surface area contributed by atoms with Crippen LogP contribution in [-0.4, -0.2) is 32.6 Å². The summed E-state index contributed by atoms with van der Waals surface area (Å²) in [4.78, 5) is 30.9. The van der Waals surface area contributed by atoms with Crippen LogP contribution in [0.25, 0.3) is 0 Å². The lowest BCUT2D eigenvalue weighted by atomic mass is 9.79. The first-order valence-electron chi connectivity index (χ1n) is 7.12. The second-order valence-electron chi connectivity index (χ2n) is 5.42. The third kappa shape index (κ3) is 4.70. The van der Waals surface area contributed by atoms with Crippen molar-refractivity contribution in [1.29, 1.82) is 0 Å². The van der Waals surface area contributed by atoms with Crippen LogP contribution in [-0.2, 0) is 11.3 Å². The standard InChI is InChI=1S/C14H20N4O3/c19-12(20)8-14(5-2-1-3-6-14)18-13(21)16-9-11-4-7-15-10-17-11/h4,7,10H,1-3,5-6,8-9H2,(H,19,20)(H2,16,18,21). The molecular weight excluding hydrogens is 272 g/mol. The van der Waals surface area contributed by atoms with Gasteiger partial charge in [0.25, 0.3) is 0 Å². The Morgan fingerprint density at radius 3 is 2.67 bits per heavy atom. The van der Waals surface area contributed by atoms with Gasteiger partial charge in [0.05, 0.1) is 24.2 Å². The molecule has 2 amide bonds. The van der Waals surface area contributed by atoms with Crippen molar-refractivity contribution in [2.24, 2.45) is 0 Å². The summed E-state index contributed by atoms with van der Waals surface area (Å²) in [7, 11) is 0. The van der Waals surface area contributed by atoms with Crippen LogP contribution < -0.4 is 10.6 Å². The molecule has 0 aliphatic heterocycles. The molecule has 1 heterocycles. The lowest BCUT2D eigenvalue weighted by Crippen LogP contribution is -2.54. The van der Waals surface area contributed by atoms with Gasteiger partial charge in [0.2, 0.25) is 0 Å². The van der Waals surface area contributed by atoms with E-state index < -0.39 is 11.5 Å². The molecule has 1 aliphatic rings. The third-order valence-corrected chi connectivity index (χ3v) is 3.75. The van der Waals surface area contributed by atoms with E-state index in [4.69, 9.17) is 5.11 Å². The Morgan fingerprint density at radius 1 is 1.29 bits per heavy atom. The van der Waals surface area contributed by atoms with E-state index in [1.165, 1.54) is 6.33 Å². The minimum Gasteiger partial charge on any atom is -0.481 e. The molecule has 0 radical (unpaired) electrons. The van der Waals surface area contributed by atoms with Gasteiger partial charge in [-0.3, -0.25) is 4.79 Å². The van der Waals surface area contributed by atoms with Crippen molar-refractivity contribution >= 4 is 12.0 Å². The lowest BCUT2D eigenvalue weighted by Gasteiger charge is -2.36. The summed E-state index contributed by atoms with van der Waals surface area (Å²) >= 11 is 0. The van der Waals surface area contributed by atoms with Gasteiger partial charge in [0.1, 0.15) is 6.33 Å². The van der Waals surface area contributed by atoms with Gasteiger partial charge in [-0.1, -0.05) is 19.3 Å². The molecule has 0 bridgehead atoms. The number of hydrogen-bond acceptors (Lipinski definition) is 4. The number of amides is 2. The zero-order valence-corrected chi connectivity index (χ0v) is 11.8. The van der Waals surface area contributed by atoms with Crippen LogP contribution >= 0.6 is 0 Å². The Bertz CT molecular complexity index is 486. The Balaban J connectivity index is 1.90. The van der Waals surface area contributed by atoms with Gasteiger partial charge in [-0.25, -0.2) is 14.8 Å². The minimum absolute atomic E-state index is 0.0338. The number of carbonyl (C=O) groups is 2. The van der Waals surface area contributed by atoms with Crippen LogP contribution in [0, 0.1) is 0 Å². The molecule has 0 atom stereocenters. The second-order valence-corrected chi connectivity index (χ2v) is 5.42.